The summed E-state index contributed by atoms with van der Waals surface area (Å²) in [7, 11) is 0. The van der Waals surface area contributed by atoms with E-state index in [1.165, 1.54) is 38.5 Å². The molecule has 80 valence electrons. The van der Waals surface area contributed by atoms with Crippen LogP contribution in [0.25, 0.3) is 0 Å². The minimum absolute atomic E-state index is 0.443. The summed E-state index contributed by atoms with van der Waals surface area (Å²) in [5.74, 6) is 0.782. The summed E-state index contributed by atoms with van der Waals surface area (Å²) in [5.41, 5.74) is 6.10. The van der Waals surface area contributed by atoms with Gasteiger partial charge in [0.25, 0.3) is 0 Å². The van der Waals surface area contributed by atoms with Gasteiger partial charge in [-0.1, -0.05) is 46.5 Å². The topological polar surface area (TPSA) is 26.0 Å². The van der Waals surface area contributed by atoms with Crippen LogP contribution in [0, 0.1) is 5.92 Å². The second-order valence-electron chi connectivity index (χ2n) is 4.12. The van der Waals surface area contributed by atoms with Crippen LogP contribution in [-0.4, -0.2) is 6.04 Å². The Labute approximate surface area is 84.1 Å². The van der Waals surface area contributed by atoms with E-state index in [-0.39, 0.29) is 0 Å². The monoisotopic (exact) mass is 185 g/mol. The first-order chi connectivity index (χ1) is 6.26. The third kappa shape index (κ3) is 6.09. The molecule has 0 fully saturated rings. The third-order valence-corrected chi connectivity index (χ3v) is 2.93. The fourth-order valence-corrected chi connectivity index (χ4v) is 1.84. The van der Waals surface area contributed by atoms with Crippen molar-refractivity contribution in [3.63, 3.8) is 0 Å². The predicted molar refractivity (Wildman–Crippen MR) is 60.8 cm³/mol. The fraction of sp³-hybridized carbons (Fsp3) is 1.00. The van der Waals surface area contributed by atoms with Crippen LogP contribution in [0.15, 0.2) is 0 Å². The Morgan fingerprint density at radius 1 is 0.923 bits per heavy atom. The standard InChI is InChI=1S/C12H27N/c1-4-7-9-11(10-8-5-2)12(13)6-3/h11-12H,4-10,13H2,1-3H3. The van der Waals surface area contributed by atoms with Crippen molar-refractivity contribution in [3.05, 3.63) is 0 Å². The van der Waals surface area contributed by atoms with Crippen LogP contribution in [0.2, 0.25) is 0 Å². The van der Waals surface area contributed by atoms with E-state index in [2.05, 4.69) is 20.8 Å². The Morgan fingerprint density at radius 3 is 1.69 bits per heavy atom. The highest BCUT2D eigenvalue weighted by Crippen LogP contribution is 2.20. The van der Waals surface area contributed by atoms with E-state index >= 15 is 0 Å². The molecule has 0 spiro atoms. The third-order valence-electron chi connectivity index (χ3n) is 2.93. The van der Waals surface area contributed by atoms with Crippen LogP contribution in [-0.2, 0) is 0 Å². The lowest BCUT2D eigenvalue weighted by Crippen LogP contribution is -2.29. The molecule has 13 heavy (non-hydrogen) atoms. The quantitative estimate of drug-likeness (QED) is 0.613. The zero-order chi connectivity index (χ0) is 10.1. The van der Waals surface area contributed by atoms with Crippen LogP contribution < -0.4 is 5.73 Å². The SMILES string of the molecule is CCCCC(CCCC)C(N)CC. The van der Waals surface area contributed by atoms with Crippen molar-refractivity contribution in [2.45, 2.75) is 71.8 Å². The van der Waals surface area contributed by atoms with Gasteiger partial charge in [0.2, 0.25) is 0 Å². The molecule has 0 aromatic heterocycles. The first kappa shape index (κ1) is 13.0. The Morgan fingerprint density at radius 2 is 1.38 bits per heavy atom. The molecule has 0 aliphatic heterocycles. The molecule has 0 saturated heterocycles. The van der Waals surface area contributed by atoms with Gasteiger partial charge in [0.1, 0.15) is 0 Å². The van der Waals surface area contributed by atoms with Gasteiger partial charge in [-0.05, 0) is 25.2 Å². The van der Waals surface area contributed by atoms with E-state index in [9.17, 15) is 0 Å². The lowest BCUT2D eigenvalue weighted by molar-refractivity contribution is 0.343. The largest absolute Gasteiger partial charge is 0.327 e. The van der Waals surface area contributed by atoms with Crippen molar-refractivity contribution in [3.8, 4) is 0 Å². The Bertz CT molecular complexity index is 93.3. The summed E-state index contributed by atoms with van der Waals surface area (Å²) in [5, 5.41) is 0. The lowest BCUT2D eigenvalue weighted by Gasteiger charge is -2.22. The molecule has 0 aliphatic rings. The maximum Gasteiger partial charge on any atom is 0.00645 e. The summed E-state index contributed by atoms with van der Waals surface area (Å²) in [6.07, 6.45) is 9.12. The van der Waals surface area contributed by atoms with Gasteiger partial charge in [0, 0.05) is 6.04 Å². The molecule has 0 amide bonds. The minimum atomic E-state index is 0.443. The van der Waals surface area contributed by atoms with Crippen LogP contribution in [0.4, 0.5) is 0 Å². The first-order valence-corrected chi connectivity index (χ1v) is 6.01. The molecular weight excluding hydrogens is 158 g/mol. The van der Waals surface area contributed by atoms with Gasteiger partial charge in [0.05, 0.1) is 0 Å². The van der Waals surface area contributed by atoms with Crippen LogP contribution in [0.1, 0.15) is 65.7 Å². The molecule has 0 aliphatic carbocycles. The van der Waals surface area contributed by atoms with Gasteiger partial charge in [-0.3, -0.25) is 0 Å². The van der Waals surface area contributed by atoms with Crippen LogP contribution >= 0.6 is 0 Å². The number of unbranched alkanes of at least 4 members (excludes halogenated alkanes) is 2. The molecular formula is C12H27N. The Kier molecular flexibility index (Phi) is 8.53. The summed E-state index contributed by atoms with van der Waals surface area (Å²) < 4.78 is 0. The van der Waals surface area contributed by atoms with E-state index in [1.807, 2.05) is 0 Å². The first-order valence-electron chi connectivity index (χ1n) is 6.01. The van der Waals surface area contributed by atoms with Crippen LogP contribution in [0.3, 0.4) is 0 Å². The summed E-state index contributed by atoms with van der Waals surface area (Å²) in [6.45, 7) is 6.72. The number of nitrogens with two attached hydrogens (primary N) is 1. The Hall–Kier alpha value is -0.0400. The van der Waals surface area contributed by atoms with E-state index in [1.54, 1.807) is 0 Å². The molecule has 1 atom stereocenters. The minimum Gasteiger partial charge on any atom is -0.327 e. The molecule has 0 aromatic rings. The second kappa shape index (κ2) is 8.55. The lowest BCUT2D eigenvalue weighted by atomic mass is 9.88. The van der Waals surface area contributed by atoms with Crippen molar-refractivity contribution in [1.82, 2.24) is 0 Å². The highest BCUT2D eigenvalue weighted by atomic mass is 14.6. The average Bonchev–Trinajstić information content (AvgIpc) is 2.17. The molecule has 0 saturated carbocycles. The number of rotatable bonds is 8. The molecule has 0 radical (unpaired) electrons. The molecule has 1 unspecified atom stereocenters. The van der Waals surface area contributed by atoms with Gasteiger partial charge < -0.3 is 5.73 Å². The van der Waals surface area contributed by atoms with E-state index in [0.717, 1.165) is 12.3 Å². The summed E-state index contributed by atoms with van der Waals surface area (Å²) in [6, 6.07) is 0.443. The van der Waals surface area contributed by atoms with E-state index < -0.39 is 0 Å². The molecule has 0 rings (SSSR count). The second-order valence-corrected chi connectivity index (χ2v) is 4.12. The Balaban J connectivity index is 3.72. The van der Waals surface area contributed by atoms with E-state index in [4.69, 9.17) is 5.73 Å². The smallest absolute Gasteiger partial charge is 0.00645 e. The molecule has 0 bridgehead atoms. The predicted octanol–water partition coefficient (Wildman–Crippen LogP) is 3.72. The van der Waals surface area contributed by atoms with Crippen molar-refractivity contribution in [1.29, 1.82) is 0 Å². The molecule has 0 heterocycles. The van der Waals surface area contributed by atoms with Gasteiger partial charge in [-0.25, -0.2) is 0 Å². The fourth-order valence-electron chi connectivity index (χ4n) is 1.84. The zero-order valence-electron chi connectivity index (χ0n) is 9.68. The van der Waals surface area contributed by atoms with Crippen molar-refractivity contribution < 1.29 is 0 Å². The van der Waals surface area contributed by atoms with Gasteiger partial charge in [0.15, 0.2) is 0 Å². The maximum atomic E-state index is 6.10. The molecule has 1 nitrogen and oxygen atoms in total. The number of hydrogen-bond acceptors (Lipinski definition) is 1. The average molecular weight is 185 g/mol. The summed E-state index contributed by atoms with van der Waals surface area (Å²) >= 11 is 0. The number of hydrogen-bond donors (Lipinski definition) is 1. The van der Waals surface area contributed by atoms with Crippen molar-refractivity contribution >= 4 is 0 Å². The van der Waals surface area contributed by atoms with Crippen molar-refractivity contribution in [2.24, 2.45) is 11.7 Å². The summed E-state index contributed by atoms with van der Waals surface area (Å²) in [4.78, 5) is 0. The molecule has 2 N–H and O–H groups in total. The zero-order valence-corrected chi connectivity index (χ0v) is 9.68. The molecule has 1 heteroatoms. The van der Waals surface area contributed by atoms with Gasteiger partial charge in [-0.2, -0.15) is 0 Å². The van der Waals surface area contributed by atoms with E-state index in [0.29, 0.717) is 6.04 Å². The van der Waals surface area contributed by atoms with Gasteiger partial charge in [-0.15, -0.1) is 0 Å². The van der Waals surface area contributed by atoms with Crippen LogP contribution in [0.5, 0.6) is 0 Å². The molecule has 0 aromatic carbocycles. The highest BCUT2D eigenvalue weighted by Gasteiger charge is 2.14. The highest BCUT2D eigenvalue weighted by molar-refractivity contribution is 4.71. The van der Waals surface area contributed by atoms with Crippen molar-refractivity contribution in [2.75, 3.05) is 0 Å². The van der Waals surface area contributed by atoms with Gasteiger partial charge >= 0.3 is 0 Å². The normalized spacial score (nSPS) is 13.6. The maximum absolute atomic E-state index is 6.10.